The summed E-state index contributed by atoms with van der Waals surface area (Å²) in [4.78, 5) is 2.65. The van der Waals surface area contributed by atoms with E-state index in [2.05, 4.69) is 21.6 Å². The molecule has 7 heteroatoms. The van der Waals surface area contributed by atoms with Crippen molar-refractivity contribution in [2.45, 2.75) is 31.1 Å². The van der Waals surface area contributed by atoms with E-state index >= 15 is 0 Å². The number of nitrogens with one attached hydrogen (secondary N) is 1. The molecule has 1 aliphatic heterocycles. The molecule has 1 aromatic heterocycles. The first-order valence-corrected chi connectivity index (χ1v) is 8.66. The van der Waals surface area contributed by atoms with E-state index in [0.29, 0.717) is 6.54 Å². The molecule has 0 aromatic carbocycles. The third kappa shape index (κ3) is 4.29. The van der Waals surface area contributed by atoms with Crippen molar-refractivity contribution in [3.63, 3.8) is 0 Å². The molecule has 1 fully saturated rings. The minimum Gasteiger partial charge on any atom is -0.303 e. The van der Waals surface area contributed by atoms with Crippen molar-refractivity contribution in [1.29, 1.82) is 0 Å². The summed E-state index contributed by atoms with van der Waals surface area (Å²) < 4.78 is 28.1. The molecule has 0 spiro atoms. The molecule has 0 radical (unpaired) electrons. The SMILES string of the molecule is C[C@H]1CCCN(CCCNS(=O)(=O)c2cnn(C)c2)C1. The average molecular weight is 300 g/mol. The summed E-state index contributed by atoms with van der Waals surface area (Å²) in [6, 6.07) is 0. The number of nitrogens with zero attached hydrogens (tertiary/aromatic N) is 3. The van der Waals surface area contributed by atoms with Crippen LogP contribution in [0.1, 0.15) is 26.2 Å². The van der Waals surface area contributed by atoms with Gasteiger partial charge < -0.3 is 4.90 Å². The first kappa shape index (κ1) is 15.5. The summed E-state index contributed by atoms with van der Waals surface area (Å²) in [5.74, 6) is 0.760. The highest BCUT2D eigenvalue weighted by atomic mass is 32.2. The highest BCUT2D eigenvalue weighted by molar-refractivity contribution is 7.89. The smallest absolute Gasteiger partial charge is 0.243 e. The van der Waals surface area contributed by atoms with Gasteiger partial charge in [0.1, 0.15) is 4.90 Å². The van der Waals surface area contributed by atoms with E-state index in [1.807, 2.05) is 0 Å². The molecule has 0 aliphatic carbocycles. The molecule has 0 amide bonds. The summed E-state index contributed by atoms with van der Waals surface area (Å²) in [6.45, 7) is 5.98. The van der Waals surface area contributed by atoms with Crippen LogP contribution in [0, 0.1) is 5.92 Å². The predicted molar refractivity (Wildman–Crippen MR) is 77.9 cm³/mol. The Labute approximate surface area is 121 Å². The van der Waals surface area contributed by atoms with E-state index in [4.69, 9.17) is 0 Å². The summed E-state index contributed by atoms with van der Waals surface area (Å²) in [5.41, 5.74) is 0. The molecule has 114 valence electrons. The lowest BCUT2D eigenvalue weighted by Gasteiger charge is -2.30. The zero-order chi connectivity index (χ0) is 14.6. The second-order valence-electron chi connectivity index (χ2n) is 5.65. The van der Waals surface area contributed by atoms with Crippen molar-refractivity contribution in [2.24, 2.45) is 13.0 Å². The van der Waals surface area contributed by atoms with Gasteiger partial charge in [-0.25, -0.2) is 13.1 Å². The number of aromatic nitrogens is 2. The van der Waals surface area contributed by atoms with Gasteiger partial charge in [0.05, 0.1) is 6.20 Å². The Hall–Kier alpha value is -0.920. The highest BCUT2D eigenvalue weighted by Gasteiger charge is 2.17. The molecule has 1 saturated heterocycles. The molecule has 2 rings (SSSR count). The maximum absolute atomic E-state index is 12.0. The summed E-state index contributed by atoms with van der Waals surface area (Å²) >= 11 is 0. The quantitative estimate of drug-likeness (QED) is 0.790. The third-order valence-electron chi connectivity index (χ3n) is 3.68. The van der Waals surface area contributed by atoms with Crippen LogP contribution in [0.15, 0.2) is 17.3 Å². The van der Waals surface area contributed by atoms with Crippen LogP contribution in [0.5, 0.6) is 0 Å². The Balaban J connectivity index is 1.73. The molecule has 0 unspecified atom stereocenters. The standard InChI is InChI=1S/C13H24N4O2S/c1-12-5-3-7-17(10-12)8-4-6-15-20(18,19)13-9-14-16(2)11-13/h9,11-12,15H,3-8,10H2,1-2H3/t12-/m0/s1. The lowest BCUT2D eigenvalue weighted by Crippen LogP contribution is -2.36. The Morgan fingerprint density at radius 3 is 2.95 bits per heavy atom. The largest absolute Gasteiger partial charge is 0.303 e. The fourth-order valence-corrected chi connectivity index (χ4v) is 3.68. The van der Waals surface area contributed by atoms with Gasteiger partial charge in [-0.15, -0.1) is 0 Å². The fourth-order valence-electron chi connectivity index (χ4n) is 2.62. The monoisotopic (exact) mass is 300 g/mol. The topological polar surface area (TPSA) is 67.2 Å². The maximum Gasteiger partial charge on any atom is 0.243 e. The first-order chi connectivity index (χ1) is 9.47. The van der Waals surface area contributed by atoms with Crippen LogP contribution in [0.4, 0.5) is 0 Å². The van der Waals surface area contributed by atoms with Crippen molar-refractivity contribution in [1.82, 2.24) is 19.4 Å². The van der Waals surface area contributed by atoms with Crippen molar-refractivity contribution in [3.8, 4) is 0 Å². The van der Waals surface area contributed by atoms with Gasteiger partial charge >= 0.3 is 0 Å². The molecule has 0 bridgehead atoms. The van der Waals surface area contributed by atoms with Gasteiger partial charge in [0.25, 0.3) is 0 Å². The van der Waals surface area contributed by atoms with E-state index in [1.54, 1.807) is 7.05 Å². The Morgan fingerprint density at radius 1 is 1.50 bits per heavy atom. The average Bonchev–Trinajstić information content (AvgIpc) is 2.82. The predicted octanol–water partition coefficient (Wildman–Crippen LogP) is 0.820. The Bertz CT molecular complexity index is 526. The van der Waals surface area contributed by atoms with Gasteiger partial charge in [0.15, 0.2) is 0 Å². The molecule has 1 aliphatic rings. The number of sulfonamides is 1. The first-order valence-electron chi connectivity index (χ1n) is 7.18. The maximum atomic E-state index is 12.0. The molecule has 6 nitrogen and oxygen atoms in total. The molecule has 20 heavy (non-hydrogen) atoms. The second-order valence-corrected chi connectivity index (χ2v) is 7.42. The fraction of sp³-hybridized carbons (Fsp3) is 0.769. The van der Waals surface area contributed by atoms with Gasteiger partial charge in [0, 0.05) is 26.3 Å². The van der Waals surface area contributed by atoms with Crippen molar-refractivity contribution < 1.29 is 8.42 Å². The second kappa shape index (κ2) is 6.69. The zero-order valence-electron chi connectivity index (χ0n) is 12.2. The van der Waals surface area contributed by atoms with Crippen molar-refractivity contribution in [3.05, 3.63) is 12.4 Å². The van der Waals surface area contributed by atoms with E-state index < -0.39 is 10.0 Å². The minimum atomic E-state index is -3.41. The zero-order valence-corrected chi connectivity index (χ0v) is 13.1. The number of piperidine rings is 1. The summed E-state index contributed by atoms with van der Waals surface area (Å²) in [5, 5.41) is 3.88. The van der Waals surface area contributed by atoms with Gasteiger partial charge in [-0.2, -0.15) is 5.10 Å². The molecular formula is C13H24N4O2S. The van der Waals surface area contributed by atoms with Crippen molar-refractivity contribution in [2.75, 3.05) is 26.2 Å². The number of hydrogen-bond donors (Lipinski definition) is 1. The van der Waals surface area contributed by atoms with Gasteiger partial charge in [0.2, 0.25) is 10.0 Å². The van der Waals surface area contributed by atoms with E-state index in [0.717, 1.165) is 32.0 Å². The van der Waals surface area contributed by atoms with Crippen LogP contribution in [0.25, 0.3) is 0 Å². The number of likely N-dealkylation sites (tertiary alicyclic amines) is 1. The number of rotatable bonds is 6. The van der Waals surface area contributed by atoms with Crippen LogP contribution in [0.3, 0.4) is 0 Å². The van der Waals surface area contributed by atoms with Crippen LogP contribution in [-0.2, 0) is 17.1 Å². The number of aryl methyl sites for hydroxylation is 1. The summed E-state index contributed by atoms with van der Waals surface area (Å²) in [6.07, 6.45) is 6.28. The third-order valence-corrected chi connectivity index (χ3v) is 5.09. The Kier molecular flexibility index (Phi) is 5.17. The molecule has 1 aromatic rings. The molecule has 2 heterocycles. The van der Waals surface area contributed by atoms with Gasteiger partial charge in [-0.3, -0.25) is 4.68 Å². The molecule has 1 N–H and O–H groups in total. The van der Waals surface area contributed by atoms with E-state index in [1.165, 1.54) is 29.9 Å². The highest BCUT2D eigenvalue weighted by Crippen LogP contribution is 2.15. The van der Waals surface area contributed by atoms with E-state index in [-0.39, 0.29) is 4.90 Å². The van der Waals surface area contributed by atoms with E-state index in [9.17, 15) is 8.42 Å². The summed E-state index contributed by atoms with van der Waals surface area (Å²) in [7, 11) is -1.70. The van der Waals surface area contributed by atoms with Crippen LogP contribution in [-0.4, -0.2) is 49.3 Å². The normalized spacial score (nSPS) is 21.2. The number of hydrogen-bond acceptors (Lipinski definition) is 4. The van der Waals surface area contributed by atoms with Crippen LogP contribution in [0.2, 0.25) is 0 Å². The van der Waals surface area contributed by atoms with Crippen LogP contribution < -0.4 is 4.72 Å². The lowest BCUT2D eigenvalue weighted by molar-refractivity contribution is 0.182. The molecule has 1 atom stereocenters. The minimum absolute atomic E-state index is 0.228. The Morgan fingerprint density at radius 2 is 2.30 bits per heavy atom. The van der Waals surface area contributed by atoms with Gasteiger partial charge in [-0.1, -0.05) is 6.92 Å². The van der Waals surface area contributed by atoms with Crippen LogP contribution >= 0.6 is 0 Å². The van der Waals surface area contributed by atoms with Crippen molar-refractivity contribution >= 4 is 10.0 Å². The molecular weight excluding hydrogens is 276 g/mol. The van der Waals surface area contributed by atoms with Gasteiger partial charge in [-0.05, 0) is 38.3 Å². The lowest BCUT2D eigenvalue weighted by atomic mass is 10.0. The molecule has 0 saturated carbocycles.